The van der Waals surface area contributed by atoms with Crippen LogP contribution in [-0.4, -0.2) is 106 Å². The van der Waals surface area contributed by atoms with Crippen LogP contribution in [0.4, 0.5) is 0 Å². The predicted molar refractivity (Wildman–Crippen MR) is 204 cm³/mol. The van der Waals surface area contributed by atoms with Crippen LogP contribution in [0, 0.1) is 30.6 Å². The van der Waals surface area contributed by atoms with Crippen LogP contribution in [0.15, 0.2) is 47.5 Å². The van der Waals surface area contributed by atoms with Crippen LogP contribution in [0.2, 0.25) is 0 Å². The van der Waals surface area contributed by atoms with Crippen LogP contribution < -0.4 is 10.1 Å². The second-order valence-corrected chi connectivity index (χ2v) is 15.5. The van der Waals surface area contributed by atoms with Crippen LogP contribution in [0.3, 0.4) is 0 Å². The first-order chi connectivity index (χ1) is 26.7. The molecule has 0 unspecified atom stereocenters. The third kappa shape index (κ3) is 8.05. The second kappa shape index (κ2) is 16.8. The number of ether oxygens (including phenoxy) is 4. The van der Waals surface area contributed by atoms with Crippen LogP contribution in [0.5, 0.6) is 11.5 Å². The van der Waals surface area contributed by atoms with Crippen LogP contribution in [0.1, 0.15) is 97.9 Å². The van der Waals surface area contributed by atoms with Crippen LogP contribution in [0.25, 0.3) is 0 Å². The van der Waals surface area contributed by atoms with Crippen molar-refractivity contribution in [1.82, 2.24) is 10.2 Å². The van der Waals surface area contributed by atoms with Gasteiger partial charge in [-0.05, 0) is 19.9 Å². The van der Waals surface area contributed by atoms with E-state index in [1.807, 2.05) is 0 Å². The Kier molecular flexibility index (Phi) is 12.7. The lowest BCUT2D eigenvalue weighted by Gasteiger charge is -2.38. The van der Waals surface area contributed by atoms with E-state index in [0.29, 0.717) is 0 Å². The smallest absolute Gasteiger partial charge is 0.312 e. The van der Waals surface area contributed by atoms with Gasteiger partial charge in [-0.2, -0.15) is 0 Å². The number of nitrogens with one attached hydrogen (secondary N) is 1. The van der Waals surface area contributed by atoms with Crippen molar-refractivity contribution in [3.63, 3.8) is 0 Å². The van der Waals surface area contributed by atoms with Gasteiger partial charge in [0.25, 0.3) is 11.7 Å². The van der Waals surface area contributed by atoms with E-state index in [4.69, 9.17) is 18.9 Å². The molecule has 9 atom stereocenters. The number of benzene rings is 1. The predicted octanol–water partition coefficient (Wildman–Crippen LogP) is 3.62. The third-order valence-electron chi connectivity index (χ3n) is 11.6. The molecule has 1 aliphatic carbocycles. The summed E-state index contributed by atoms with van der Waals surface area (Å²) in [5.74, 6) is -9.47. The second-order valence-electron chi connectivity index (χ2n) is 15.5. The molecule has 5 aliphatic rings. The van der Waals surface area contributed by atoms with Crippen LogP contribution >= 0.6 is 0 Å². The molecule has 0 saturated carbocycles. The normalized spacial score (nSPS) is 33.6. The van der Waals surface area contributed by atoms with Gasteiger partial charge in [-0.1, -0.05) is 45.9 Å². The Morgan fingerprint density at radius 2 is 1.56 bits per heavy atom. The number of likely N-dealkylation sites (tertiary alicyclic amines) is 1. The summed E-state index contributed by atoms with van der Waals surface area (Å²) in [5.41, 5.74) is -1.78. The highest BCUT2D eigenvalue weighted by Gasteiger charge is 2.53. The molecule has 6 rings (SSSR count). The van der Waals surface area contributed by atoms with Crippen molar-refractivity contribution < 1.29 is 63.0 Å². The Morgan fingerprint density at radius 1 is 0.912 bits per heavy atom. The summed E-state index contributed by atoms with van der Waals surface area (Å²) >= 11 is 0. The Morgan fingerprint density at radius 3 is 2.18 bits per heavy atom. The Balaban J connectivity index is 1.67. The van der Waals surface area contributed by atoms with Crippen molar-refractivity contribution in [3.8, 4) is 11.5 Å². The first-order valence-corrected chi connectivity index (χ1v) is 19.1. The molecule has 15 nitrogen and oxygen atoms in total. The number of hydrogen-bond donors (Lipinski definition) is 4. The number of nitrogens with zero attached hydrogens (tertiary/aromatic N) is 1. The number of carbonyl (C=O) groups excluding carboxylic acids is 6. The van der Waals surface area contributed by atoms with E-state index in [-0.39, 0.29) is 59.9 Å². The topological polar surface area (TPSA) is 215 Å². The first-order valence-electron chi connectivity index (χ1n) is 19.1. The molecular weight excluding hydrogens is 740 g/mol. The van der Waals surface area contributed by atoms with E-state index >= 15 is 0 Å². The van der Waals surface area contributed by atoms with Gasteiger partial charge in [0.15, 0.2) is 0 Å². The number of allylic oxidation sites excluding steroid dienone is 4. The largest absolute Gasteiger partial charge is 0.507 e. The van der Waals surface area contributed by atoms with Gasteiger partial charge in [0.2, 0.25) is 11.6 Å². The summed E-state index contributed by atoms with van der Waals surface area (Å²) in [7, 11) is 1.42. The molecular formula is C42H52N2O13. The Bertz CT molecular complexity index is 1990. The molecule has 1 aromatic rings. The number of ketones is 4. The number of Topliss-reactive ketones (excluding diaryl/α,β-unsaturated/α-hetero) is 4. The van der Waals surface area contributed by atoms with Crippen molar-refractivity contribution in [2.75, 3.05) is 20.2 Å². The number of amides is 1. The van der Waals surface area contributed by atoms with Gasteiger partial charge >= 0.3 is 11.8 Å². The standard InChI is InChI=1S/C42H52N2O13/c1-19-11-10-12-20(2)41(53)43-31-32(44-16-13-26(46)14-17-44)37(51)28-29(36(31)50)35(49)24(6)39-30(28)40(52)42(8,57-39)55-18-15-27(54-9)21(3)38(56-25(7)45)23(5)34(48)22(4)33(19)47/h10-12,15,18-19,21-23,27,33-34,38,47-49H,13-14,16-17H2,1-9H3,(H,43,53)/b11-10+,18-15+,20-12-/t19-,21+,22+,23+,27-,33-,34+,38+,42-/m0/s1. The lowest BCUT2D eigenvalue weighted by molar-refractivity contribution is -0.160. The number of methoxy groups -OCH3 is 1. The summed E-state index contributed by atoms with van der Waals surface area (Å²) in [4.78, 5) is 83.2. The van der Waals surface area contributed by atoms with Gasteiger partial charge in [0, 0.05) is 81.7 Å². The number of aliphatic hydroxyl groups is 2. The fourth-order valence-electron chi connectivity index (χ4n) is 7.96. The van der Waals surface area contributed by atoms with E-state index in [2.05, 4.69) is 5.32 Å². The zero-order valence-corrected chi connectivity index (χ0v) is 33.7. The molecule has 57 heavy (non-hydrogen) atoms. The molecule has 1 saturated heterocycles. The summed E-state index contributed by atoms with van der Waals surface area (Å²) in [6.45, 7) is 12.4. The SMILES string of the molecule is CO[C@H]1/C=C/O[C@@]2(C)Oc3c(C)c(O)c4c(c3C2=O)C(=O)C(N2CCC(=O)CC2)=C(NC(=O)/C(C)=C\C=C\[C@H](C)[C@H](O)[C@@H](C)[C@@H](O)[C@@H](C)[C@H](OC(C)=O)[C@@H]1C)C4=O. The number of phenolic OH excluding ortho intramolecular Hbond substituents is 1. The fraction of sp³-hybridized carbons (Fsp3) is 0.524. The summed E-state index contributed by atoms with van der Waals surface area (Å²) in [6, 6.07) is 0. The maximum absolute atomic E-state index is 14.7. The van der Waals surface area contributed by atoms with Crippen molar-refractivity contribution in [2.24, 2.45) is 23.7 Å². The lowest BCUT2D eigenvalue weighted by Crippen LogP contribution is -2.46. The van der Waals surface area contributed by atoms with Crippen molar-refractivity contribution >= 4 is 35.0 Å². The minimum absolute atomic E-state index is 0.0234. The molecule has 0 aromatic heterocycles. The highest BCUT2D eigenvalue weighted by atomic mass is 16.7. The van der Waals surface area contributed by atoms with Gasteiger partial charge in [-0.15, -0.1) is 0 Å². The van der Waals surface area contributed by atoms with Gasteiger partial charge < -0.3 is 44.5 Å². The van der Waals surface area contributed by atoms with E-state index in [0.717, 1.165) is 6.26 Å². The average Bonchev–Trinajstić information content (AvgIpc) is 3.43. The van der Waals surface area contributed by atoms with Crippen LogP contribution in [-0.2, 0) is 28.6 Å². The average molecular weight is 793 g/mol. The lowest BCUT2D eigenvalue weighted by atomic mass is 9.78. The minimum Gasteiger partial charge on any atom is -0.507 e. The molecule has 4 aliphatic heterocycles. The van der Waals surface area contributed by atoms with E-state index in [1.54, 1.807) is 39.8 Å². The third-order valence-corrected chi connectivity index (χ3v) is 11.6. The number of esters is 1. The van der Waals surface area contributed by atoms with Gasteiger partial charge in [-0.3, -0.25) is 28.8 Å². The van der Waals surface area contributed by atoms with Crippen molar-refractivity contribution in [3.05, 3.63) is 69.8 Å². The maximum atomic E-state index is 14.7. The number of rotatable bonds is 3. The van der Waals surface area contributed by atoms with E-state index in [9.17, 15) is 44.1 Å². The highest BCUT2D eigenvalue weighted by Crippen LogP contribution is 2.49. The molecule has 5 bridgehead atoms. The number of aromatic hydroxyl groups is 1. The number of carbonyl (C=O) groups is 6. The van der Waals surface area contributed by atoms with Gasteiger partial charge in [0.1, 0.15) is 34.8 Å². The first kappa shape index (κ1) is 43.0. The number of phenols is 1. The number of aliphatic hydroxyl groups excluding tert-OH is 2. The maximum Gasteiger partial charge on any atom is 0.312 e. The molecule has 4 N–H and O–H groups in total. The number of hydrogen-bond acceptors (Lipinski definition) is 14. The van der Waals surface area contributed by atoms with E-state index < -0.39 is 106 Å². The summed E-state index contributed by atoms with van der Waals surface area (Å²) < 4.78 is 23.4. The van der Waals surface area contributed by atoms with Gasteiger partial charge in [-0.25, -0.2) is 0 Å². The molecule has 15 heteroatoms. The summed E-state index contributed by atoms with van der Waals surface area (Å²) in [5, 5.41) is 36.8. The van der Waals surface area contributed by atoms with Crippen molar-refractivity contribution in [2.45, 2.75) is 98.4 Å². The molecule has 0 radical (unpaired) electrons. The monoisotopic (exact) mass is 792 g/mol. The molecule has 308 valence electrons. The Labute approximate surface area is 331 Å². The molecule has 1 aromatic carbocycles. The zero-order chi connectivity index (χ0) is 42.3. The summed E-state index contributed by atoms with van der Waals surface area (Å²) in [6.07, 6.45) is 3.43. The quantitative estimate of drug-likeness (QED) is 0.322. The molecule has 1 amide bonds. The van der Waals surface area contributed by atoms with E-state index in [1.165, 1.54) is 51.9 Å². The molecule has 4 heterocycles. The Hall–Kier alpha value is -5.12. The van der Waals surface area contributed by atoms with Gasteiger partial charge in [0.05, 0.1) is 41.3 Å². The molecule has 1 fully saturated rings. The minimum atomic E-state index is -2.10. The number of piperidine rings is 1. The fourth-order valence-corrected chi connectivity index (χ4v) is 7.96. The van der Waals surface area contributed by atoms with Crippen molar-refractivity contribution in [1.29, 1.82) is 0 Å². The molecule has 0 spiro atoms. The number of fused-ring (bicyclic) bond motifs is 14. The zero-order valence-electron chi connectivity index (χ0n) is 33.7. The highest BCUT2D eigenvalue weighted by molar-refractivity contribution is 6.32.